The van der Waals surface area contributed by atoms with Crippen LogP contribution in [0.15, 0.2) is 60.3 Å². The first-order chi connectivity index (χ1) is 12.1. The minimum Gasteiger partial charge on any atom is -0.511 e. The highest BCUT2D eigenvalue weighted by molar-refractivity contribution is 7.14. The largest absolute Gasteiger partial charge is 0.511 e. The second kappa shape index (κ2) is 7.36. The summed E-state index contributed by atoms with van der Waals surface area (Å²) in [5, 5.41) is 15.4. The average molecular weight is 352 g/mol. The first-order valence-electron chi connectivity index (χ1n) is 7.85. The van der Waals surface area contributed by atoms with Gasteiger partial charge in [-0.25, -0.2) is 9.97 Å². The molecule has 0 fully saturated rings. The SMILES string of the molecule is C=C(O)CN(C)c1cc(-c2cccc(-c3csc(NC)n3)c2)ccn1. The normalized spacial score (nSPS) is 10.5. The lowest BCUT2D eigenvalue weighted by atomic mass is 10.0. The number of hydrogen-bond acceptors (Lipinski definition) is 6. The van der Waals surface area contributed by atoms with E-state index in [2.05, 4.69) is 40.1 Å². The lowest BCUT2D eigenvalue weighted by Gasteiger charge is -2.18. The van der Waals surface area contributed by atoms with Gasteiger partial charge in [0, 0.05) is 31.2 Å². The molecule has 0 radical (unpaired) electrons. The monoisotopic (exact) mass is 352 g/mol. The molecule has 3 rings (SSSR count). The van der Waals surface area contributed by atoms with Gasteiger partial charge in [0.2, 0.25) is 0 Å². The Morgan fingerprint density at radius 2 is 2.00 bits per heavy atom. The molecule has 2 heterocycles. The van der Waals surface area contributed by atoms with Crippen molar-refractivity contribution in [2.45, 2.75) is 0 Å². The van der Waals surface area contributed by atoms with Gasteiger partial charge in [-0.3, -0.25) is 0 Å². The molecule has 25 heavy (non-hydrogen) atoms. The number of nitrogens with zero attached hydrogens (tertiary/aromatic N) is 3. The van der Waals surface area contributed by atoms with Crippen molar-refractivity contribution in [1.82, 2.24) is 9.97 Å². The predicted molar refractivity (Wildman–Crippen MR) is 105 cm³/mol. The molecule has 6 heteroatoms. The predicted octanol–water partition coefficient (Wildman–Crippen LogP) is 4.42. The fourth-order valence-corrected chi connectivity index (χ4v) is 3.22. The van der Waals surface area contributed by atoms with Gasteiger partial charge in [-0.15, -0.1) is 11.3 Å². The van der Waals surface area contributed by atoms with Crippen LogP contribution >= 0.6 is 11.3 Å². The number of rotatable bonds is 6. The average Bonchev–Trinajstić information content (AvgIpc) is 3.11. The Morgan fingerprint density at radius 1 is 1.24 bits per heavy atom. The molecule has 0 atom stereocenters. The van der Waals surface area contributed by atoms with Crippen molar-refractivity contribution < 1.29 is 5.11 Å². The third-order valence-corrected chi connectivity index (χ3v) is 4.63. The highest BCUT2D eigenvalue weighted by atomic mass is 32.1. The van der Waals surface area contributed by atoms with Crippen molar-refractivity contribution in [1.29, 1.82) is 0 Å². The molecule has 0 saturated heterocycles. The Labute approximate surface area is 151 Å². The van der Waals surface area contributed by atoms with Crippen molar-refractivity contribution in [3.05, 3.63) is 60.3 Å². The molecule has 0 spiro atoms. The molecule has 0 bridgehead atoms. The fraction of sp³-hybridized carbons (Fsp3) is 0.158. The summed E-state index contributed by atoms with van der Waals surface area (Å²) in [6.45, 7) is 3.88. The highest BCUT2D eigenvalue weighted by Crippen LogP contribution is 2.29. The lowest BCUT2D eigenvalue weighted by Crippen LogP contribution is -2.20. The summed E-state index contributed by atoms with van der Waals surface area (Å²) < 4.78 is 0. The Balaban J connectivity index is 1.92. The first kappa shape index (κ1) is 17.0. The highest BCUT2D eigenvalue weighted by Gasteiger charge is 2.08. The van der Waals surface area contributed by atoms with Gasteiger partial charge in [-0.05, 0) is 29.3 Å². The Hall–Kier alpha value is -2.86. The number of nitrogens with one attached hydrogen (secondary N) is 1. The summed E-state index contributed by atoms with van der Waals surface area (Å²) in [5.41, 5.74) is 4.19. The summed E-state index contributed by atoms with van der Waals surface area (Å²) in [4.78, 5) is 10.8. The topological polar surface area (TPSA) is 61.3 Å². The molecular formula is C19H20N4OS. The second-order valence-corrected chi connectivity index (χ2v) is 6.55. The first-order valence-corrected chi connectivity index (χ1v) is 8.73. The van der Waals surface area contributed by atoms with Crippen molar-refractivity contribution in [2.75, 3.05) is 30.9 Å². The van der Waals surface area contributed by atoms with Gasteiger partial charge in [0.1, 0.15) is 11.6 Å². The van der Waals surface area contributed by atoms with Gasteiger partial charge in [0.25, 0.3) is 0 Å². The van der Waals surface area contributed by atoms with Gasteiger partial charge < -0.3 is 15.3 Å². The molecule has 5 nitrogen and oxygen atoms in total. The number of anilines is 2. The molecule has 0 aliphatic heterocycles. The summed E-state index contributed by atoms with van der Waals surface area (Å²) in [6.07, 6.45) is 1.77. The molecule has 1 aromatic carbocycles. The molecule has 0 saturated carbocycles. The quantitative estimate of drug-likeness (QED) is 0.643. The lowest BCUT2D eigenvalue weighted by molar-refractivity contribution is 0.404. The molecule has 128 valence electrons. The number of hydrogen-bond donors (Lipinski definition) is 2. The Morgan fingerprint density at radius 3 is 2.72 bits per heavy atom. The van der Waals surface area contributed by atoms with Gasteiger partial charge in [0.05, 0.1) is 12.2 Å². The summed E-state index contributed by atoms with van der Waals surface area (Å²) in [6, 6.07) is 12.3. The van der Waals surface area contributed by atoms with E-state index in [9.17, 15) is 5.11 Å². The van der Waals surface area contributed by atoms with Crippen LogP contribution in [0.4, 0.5) is 10.9 Å². The number of aliphatic hydroxyl groups is 1. The molecule has 2 aromatic heterocycles. The van der Waals surface area contributed by atoms with Crippen LogP contribution in [0.25, 0.3) is 22.4 Å². The maximum absolute atomic E-state index is 9.38. The minimum atomic E-state index is 0.112. The van der Waals surface area contributed by atoms with Crippen LogP contribution in [0.1, 0.15) is 0 Å². The third kappa shape index (κ3) is 3.97. The van der Waals surface area contributed by atoms with Gasteiger partial charge in [0.15, 0.2) is 5.13 Å². The number of aliphatic hydroxyl groups excluding tert-OH is 1. The number of pyridine rings is 1. The van der Waals surface area contributed by atoms with Crippen LogP contribution in [0.3, 0.4) is 0 Å². The van der Waals surface area contributed by atoms with Crippen LogP contribution < -0.4 is 10.2 Å². The van der Waals surface area contributed by atoms with E-state index in [0.29, 0.717) is 6.54 Å². The van der Waals surface area contributed by atoms with Crippen LogP contribution in [0, 0.1) is 0 Å². The second-order valence-electron chi connectivity index (χ2n) is 5.69. The van der Waals surface area contributed by atoms with Crippen molar-refractivity contribution in [3.63, 3.8) is 0 Å². The zero-order chi connectivity index (χ0) is 17.8. The van der Waals surface area contributed by atoms with E-state index < -0.39 is 0 Å². The van der Waals surface area contributed by atoms with Crippen LogP contribution in [-0.4, -0.2) is 35.7 Å². The minimum absolute atomic E-state index is 0.112. The third-order valence-electron chi connectivity index (χ3n) is 3.77. The molecule has 2 N–H and O–H groups in total. The summed E-state index contributed by atoms with van der Waals surface area (Å²) >= 11 is 1.59. The van der Waals surface area contributed by atoms with E-state index in [0.717, 1.165) is 33.3 Å². The maximum Gasteiger partial charge on any atom is 0.182 e. The van der Waals surface area contributed by atoms with E-state index in [4.69, 9.17) is 0 Å². The van der Waals surface area contributed by atoms with Crippen molar-refractivity contribution in [3.8, 4) is 22.4 Å². The fourth-order valence-electron chi connectivity index (χ4n) is 2.54. The van der Waals surface area contributed by atoms with E-state index in [1.807, 2.05) is 42.6 Å². The standard InChI is InChI=1S/C19H20N4OS/c1-13(24)11-23(3)18-10-15(7-8-21-18)14-5-4-6-16(9-14)17-12-25-19(20-2)22-17/h4-10,12,24H,1,11H2,2-3H3,(H,20,22). The summed E-state index contributed by atoms with van der Waals surface area (Å²) in [5.74, 6) is 0.893. The van der Waals surface area contributed by atoms with E-state index in [-0.39, 0.29) is 5.76 Å². The van der Waals surface area contributed by atoms with Gasteiger partial charge in [-0.2, -0.15) is 0 Å². The molecule has 0 aliphatic carbocycles. The van der Waals surface area contributed by atoms with E-state index in [1.165, 1.54) is 0 Å². The van der Waals surface area contributed by atoms with E-state index >= 15 is 0 Å². The molecule has 0 aliphatic rings. The zero-order valence-corrected chi connectivity index (χ0v) is 15.0. The molecule has 3 aromatic rings. The number of thiazole rings is 1. The van der Waals surface area contributed by atoms with Gasteiger partial charge >= 0.3 is 0 Å². The van der Waals surface area contributed by atoms with Crippen molar-refractivity contribution >= 4 is 22.3 Å². The van der Waals surface area contributed by atoms with Crippen LogP contribution in [0.5, 0.6) is 0 Å². The van der Waals surface area contributed by atoms with Crippen molar-refractivity contribution in [2.24, 2.45) is 0 Å². The molecule has 0 unspecified atom stereocenters. The molecule has 0 amide bonds. The number of likely N-dealkylation sites (N-methyl/N-ethyl adjacent to an activating group) is 1. The smallest absolute Gasteiger partial charge is 0.182 e. The van der Waals surface area contributed by atoms with Crippen LogP contribution in [-0.2, 0) is 0 Å². The van der Waals surface area contributed by atoms with E-state index in [1.54, 1.807) is 17.5 Å². The number of aromatic nitrogens is 2. The van der Waals surface area contributed by atoms with Gasteiger partial charge in [-0.1, -0.05) is 24.8 Å². The Bertz CT molecular complexity index is 890. The summed E-state index contributed by atoms with van der Waals surface area (Å²) in [7, 11) is 3.74. The molecular weight excluding hydrogens is 332 g/mol. The maximum atomic E-state index is 9.38. The zero-order valence-electron chi connectivity index (χ0n) is 14.2. The van der Waals surface area contributed by atoms with Crippen LogP contribution in [0.2, 0.25) is 0 Å². The Kier molecular flexibility index (Phi) is 5.00. The number of benzene rings is 1.